The van der Waals surface area contributed by atoms with Crippen molar-refractivity contribution in [3.8, 4) is 0 Å². The van der Waals surface area contributed by atoms with Crippen LogP contribution < -0.4 is 5.32 Å². The fourth-order valence-corrected chi connectivity index (χ4v) is 1.40. The Hall–Kier alpha value is 0.460. The Morgan fingerprint density at radius 1 is 1.25 bits per heavy atom. The van der Waals surface area contributed by atoms with E-state index in [9.17, 15) is 0 Å². The molecule has 0 aromatic rings. The first-order valence-electron chi connectivity index (χ1n) is 3.65. The Bertz CT molecular complexity index is 114. The van der Waals surface area contributed by atoms with Gasteiger partial charge in [-0.2, -0.15) is 0 Å². The molecule has 1 aliphatic heterocycles. The number of nitrogens with zero attached hydrogens (tertiary/aromatic N) is 1. The van der Waals surface area contributed by atoms with Gasteiger partial charge in [0.2, 0.25) is 0 Å². The maximum absolute atomic E-state index is 5.28. The largest absolute Gasteiger partial charge is 0.378 e. The third kappa shape index (κ3) is 3.46. The molecule has 0 amide bonds. The Morgan fingerprint density at radius 2 is 1.83 bits per heavy atom. The molecular weight excluding hydrogens is 199 g/mol. The van der Waals surface area contributed by atoms with E-state index in [1.807, 2.05) is 0 Å². The first-order chi connectivity index (χ1) is 4.75. The lowest BCUT2D eigenvalue weighted by molar-refractivity contribution is 0.0636. The van der Waals surface area contributed by atoms with Gasteiger partial charge in [-0.25, -0.2) is 0 Å². The van der Waals surface area contributed by atoms with Crippen molar-refractivity contribution in [1.29, 1.82) is 0 Å². The molecule has 2 atom stereocenters. The van der Waals surface area contributed by atoms with E-state index < -0.39 is 0 Å². The summed E-state index contributed by atoms with van der Waals surface area (Å²) in [5.74, 6) is 0. The van der Waals surface area contributed by atoms with Crippen molar-refractivity contribution in [2.75, 3.05) is 34.3 Å². The van der Waals surface area contributed by atoms with Crippen LogP contribution >= 0.6 is 24.8 Å². The molecule has 76 valence electrons. The molecule has 0 aromatic heterocycles. The fraction of sp³-hybridized carbons (Fsp3) is 1.00. The highest BCUT2D eigenvalue weighted by atomic mass is 35.5. The summed E-state index contributed by atoms with van der Waals surface area (Å²) in [7, 11) is 5.95. The molecule has 1 rings (SSSR count). The first kappa shape index (κ1) is 15.0. The van der Waals surface area contributed by atoms with Gasteiger partial charge in [0.15, 0.2) is 0 Å². The summed E-state index contributed by atoms with van der Waals surface area (Å²) in [6, 6.07) is 0.546. The Labute approximate surface area is 86.7 Å². The lowest BCUT2D eigenvalue weighted by atomic mass is 10.2. The second-order valence-electron chi connectivity index (χ2n) is 2.96. The Kier molecular flexibility index (Phi) is 8.63. The van der Waals surface area contributed by atoms with Crippen LogP contribution in [0.25, 0.3) is 0 Å². The van der Waals surface area contributed by atoms with E-state index in [0.29, 0.717) is 12.1 Å². The summed E-state index contributed by atoms with van der Waals surface area (Å²) < 4.78 is 5.28. The minimum Gasteiger partial charge on any atom is -0.378 e. The molecule has 1 saturated heterocycles. The average molecular weight is 217 g/mol. The van der Waals surface area contributed by atoms with Crippen LogP contribution in [0.1, 0.15) is 0 Å². The predicted molar refractivity (Wildman–Crippen MR) is 55.6 cm³/mol. The van der Waals surface area contributed by atoms with Crippen molar-refractivity contribution >= 4 is 24.8 Å². The van der Waals surface area contributed by atoms with Crippen LogP contribution in [-0.2, 0) is 4.74 Å². The van der Waals surface area contributed by atoms with Crippen molar-refractivity contribution in [2.45, 2.75) is 12.1 Å². The number of rotatable bonds is 2. The van der Waals surface area contributed by atoms with Crippen LogP contribution in [0.15, 0.2) is 0 Å². The van der Waals surface area contributed by atoms with E-state index in [0.717, 1.165) is 13.1 Å². The van der Waals surface area contributed by atoms with Crippen LogP contribution in [0.5, 0.6) is 0 Å². The van der Waals surface area contributed by atoms with Gasteiger partial charge < -0.3 is 15.0 Å². The highest BCUT2D eigenvalue weighted by Gasteiger charge is 2.27. The molecule has 0 saturated carbocycles. The third-order valence-corrected chi connectivity index (χ3v) is 2.09. The van der Waals surface area contributed by atoms with Crippen molar-refractivity contribution in [1.82, 2.24) is 10.2 Å². The van der Waals surface area contributed by atoms with E-state index in [4.69, 9.17) is 4.74 Å². The quantitative estimate of drug-likeness (QED) is 0.723. The molecular formula is C7H18Cl2N2O. The summed E-state index contributed by atoms with van der Waals surface area (Å²) in [5, 5.41) is 3.29. The van der Waals surface area contributed by atoms with Crippen LogP contribution in [0.3, 0.4) is 0 Å². The summed E-state index contributed by atoms with van der Waals surface area (Å²) >= 11 is 0. The maximum Gasteiger partial charge on any atom is 0.0862 e. The fourth-order valence-electron chi connectivity index (χ4n) is 1.40. The van der Waals surface area contributed by atoms with Crippen LogP contribution in [0.2, 0.25) is 0 Å². The zero-order valence-electron chi connectivity index (χ0n) is 7.74. The monoisotopic (exact) mass is 216 g/mol. The molecule has 0 radical (unpaired) electrons. The van der Waals surface area contributed by atoms with E-state index in [2.05, 4.69) is 24.3 Å². The molecule has 1 N–H and O–H groups in total. The molecule has 12 heavy (non-hydrogen) atoms. The van der Waals surface area contributed by atoms with Crippen molar-refractivity contribution in [2.24, 2.45) is 0 Å². The molecule has 0 spiro atoms. The topological polar surface area (TPSA) is 24.5 Å². The molecule has 0 bridgehead atoms. The van der Waals surface area contributed by atoms with Gasteiger partial charge >= 0.3 is 0 Å². The second-order valence-corrected chi connectivity index (χ2v) is 2.96. The minimum atomic E-state index is 0. The molecule has 1 heterocycles. The van der Waals surface area contributed by atoms with Gasteiger partial charge in [0.1, 0.15) is 0 Å². The number of halogens is 2. The second kappa shape index (κ2) is 6.92. The van der Waals surface area contributed by atoms with Gasteiger partial charge in [-0.05, 0) is 14.1 Å². The van der Waals surface area contributed by atoms with Crippen molar-refractivity contribution in [3.63, 3.8) is 0 Å². The van der Waals surface area contributed by atoms with E-state index >= 15 is 0 Å². The van der Waals surface area contributed by atoms with E-state index in [-0.39, 0.29) is 24.8 Å². The van der Waals surface area contributed by atoms with Gasteiger partial charge in [0.25, 0.3) is 0 Å². The number of methoxy groups -OCH3 is 1. The summed E-state index contributed by atoms with van der Waals surface area (Å²) in [6.07, 6.45) is 0.370. The van der Waals surface area contributed by atoms with Gasteiger partial charge in [0, 0.05) is 26.2 Å². The zero-order valence-corrected chi connectivity index (χ0v) is 9.37. The van der Waals surface area contributed by atoms with Gasteiger partial charge in [-0.15, -0.1) is 24.8 Å². The molecule has 0 unspecified atom stereocenters. The number of nitrogens with one attached hydrogen (secondary N) is 1. The lowest BCUT2D eigenvalue weighted by Gasteiger charge is -2.23. The molecule has 0 aliphatic carbocycles. The smallest absolute Gasteiger partial charge is 0.0862 e. The molecule has 5 heteroatoms. The van der Waals surface area contributed by atoms with Crippen LogP contribution in [-0.4, -0.2) is 51.3 Å². The number of hydrogen-bond acceptors (Lipinski definition) is 3. The highest BCUT2D eigenvalue weighted by molar-refractivity contribution is 5.85. The number of likely N-dealkylation sites (N-methyl/N-ethyl adjacent to an activating group) is 1. The third-order valence-electron chi connectivity index (χ3n) is 2.09. The van der Waals surface area contributed by atoms with Crippen LogP contribution in [0.4, 0.5) is 0 Å². The van der Waals surface area contributed by atoms with E-state index in [1.54, 1.807) is 7.11 Å². The van der Waals surface area contributed by atoms with Crippen molar-refractivity contribution in [3.05, 3.63) is 0 Å². The highest BCUT2D eigenvalue weighted by Crippen LogP contribution is 2.07. The first-order valence-corrected chi connectivity index (χ1v) is 3.65. The molecule has 3 nitrogen and oxygen atoms in total. The van der Waals surface area contributed by atoms with Gasteiger partial charge in [0.05, 0.1) is 6.10 Å². The van der Waals surface area contributed by atoms with Gasteiger partial charge in [-0.3, -0.25) is 0 Å². The van der Waals surface area contributed by atoms with Crippen LogP contribution in [0, 0.1) is 0 Å². The Morgan fingerprint density at radius 3 is 2.17 bits per heavy atom. The van der Waals surface area contributed by atoms with E-state index in [1.165, 1.54) is 0 Å². The molecule has 1 fully saturated rings. The maximum atomic E-state index is 5.28. The lowest BCUT2D eigenvalue weighted by Crippen LogP contribution is -2.38. The SMILES string of the molecule is CO[C@H]1CNC[C@@H]1N(C)C.Cl.Cl. The normalized spacial score (nSPS) is 28.0. The summed E-state index contributed by atoms with van der Waals surface area (Å²) in [4.78, 5) is 2.20. The Balaban J connectivity index is 0. The van der Waals surface area contributed by atoms with Crippen molar-refractivity contribution < 1.29 is 4.74 Å². The summed E-state index contributed by atoms with van der Waals surface area (Å²) in [5.41, 5.74) is 0. The zero-order chi connectivity index (χ0) is 7.56. The number of ether oxygens (including phenoxy) is 1. The van der Waals surface area contributed by atoms with Gasteiger partial charge in [-0.1, -0.05) is 0 Å². The predicted octanol–water partition coefficient (Wildman–Crippen LogP) is 0.378. The average Bonchev–Trinajstić information content (AvgIpc) is 2.33. The molecule has 0 aromatic carbocycles. The minimum absolute atomic E-state index is 0. The summed E-state index contributed by atoms with van der Waals surface area (Å²) in [6.45, 7) is 2.03. The number of hydrogen-bond donors (Lipinski definition) is 1. The standard InChI is InChI=1S/C7H16N2O.2ClH/c1-9(2)6-4-8-5-7(6)10-3;;/h6-8H,4-5H2,1-3H3;2*1H/t6-,7-;;/m0../s1. The molecule has 1 aliphatic rings.